The largest absolute Gasteiger partial charge is 0.305 e. The summed E-state index contributed by atoms with van der Waals surface area (Å²) >= 11 is 0. The standard InChI is InChI=1S/C14H20N2/c1-3-10-15-11-13-16(2)12-9-14-7-5-4-6-8-14/h1,4-8,15H,9-13H2,2H3. The first-order valence-electron chi connectivity index (χ1n) is 5.69. The van der Waals surface area contributed by atoms with Crippen LogP contribution in [0.25, 0.3) is 0 Å². The number of terminal acetylenes is 1. The summed E-state index contributed by atoms with van der Waals surface area (Å²) in [5, 5.41) is 3.19. The minimum atomic E-state index is 0.659. The molecule has 0 amide bonds. The Morgan fingerprint density at radius 1 is 1.25 bits per heavy atom. The van der Waals surface area contributed by atoms with Crippen molar-refractivity contribution >= 4 is 0 Å². The quantitative estimate of drug-likeness (QED) is 0.547. The van der Waals surface area contributed by atoms with Gasteiger partial charge in [-0.2, -0.15) is 0 Å². The van der Waals surface area contributed by atoms with Gasteiger partial charge < -0.3 is 10.2 Å². The lowest BCUT2D eigenvalue weighted by Crippen LogP contribution is -2.30. The topological polar surface area (TPSA) is 15.3 Å². The van der Waals surface area contributed by atoms with E-state index in [1.165, 1.54) is 5.56 Å². The van der Waals surface area contributed by atoms with E-state index in [0.717, 1.165) is 26.1 Å². The number of nitrogens with zero attached hydrogens (tertiary/aromatic N) is 1. The van der Waals surface area contributed by atoms with Crippen molar-refractivity contribution in [3.05, 3.63) is 35.9 Å². The van der Waals surface area contributed by atoms with Gasteiger partial charge in [-0.3, -0.25) is 0 Å². The van der Waals surface area contributed by atoms with E-state index in [-0.39, 0.29) is 0 Å². The van der Waals surface area contributed by atoms with E-state index in [2.05, 4.69) is 53.5 Å². The fraction of sp³-hybridized carbons (Fsp3) is 0.429. The molecule has 86 valence electrons. The number of hydrogen-bond acceptors (Lipinski definition) is 2. The molecule has 1 rings (SSSR count). The van der Waals surface area contributed by atoms with Crippen molar-refractivity contribution in [3.63, 3.8) is 0 Å². The van der Waals surface area contributed by atoms with Gasteiger partial charge in [0.25, 0.3) is 0 Å². The van der Waals surface area contributed by atoms with Gasteiger partial charge in [0.2, 0.25) is 0 Å². The molecule has 0 bridgehead atoms. The molecule has 0 aliphatic rings. The van der Waals surface area contributed by atoms with Crippen LogP contribution in [0.4, 0.5) is 0 Å². The molecule has 0 aromatic heterocycles. The van der Waals surface area contributed by atoms with Crippen LogP contribution in [-0.2, 0) is 6.42 Å². The lowest BCUT2D eigenvalue weighted by molar-refractivity contribution is 0.338. The van der Waals surface area contributed by atoms with E-state index in [0.29, 0.717) is 6.54 Å². The Bertz CT molecular complexity index is 313. The summed E-state index contributed by atoms with van der Waals surface area (Å²) in [6.45, 7) is 3.73. The molecule has 0 saturated heterocycles. The van der Waals surface area contributed by atoms with E-state index < -0.39 is 0 Å². The van der Waals surface area contributed by atoms with Crippen LogP contribution in [0.15, 0.2) is 30.3 Å². The second kappa shape index (κ2) is 7.92. The van der Waals surface area contributed by atoms with E-state index >= 15 is 0 Å². The first kappa shape index (κ1) is 12.8. The fourth-order valence-electron chi connectivity index (χ4n) is 1.51. The highest BCUT2D eigenvalue weighted by molar-refractivity contribution is 5.14. The van der Waals surface area contributed by atoms with Crippen molar-refractivity contribution in [1.29, 1.82) is 0 Å². The summed E-state index contributed by atoms with van der Waals surface area (Å²) in [6.07, 6.45) is 6.26. The highest BCUT2D eigenvalue weighted by atomic mass is 15.1. The molecule has 16 heavy (non-hydrogen) atoms. The molecule has 0 fully saturated rings. The molecule has 0 aliphatic carbocycles. The molecule has 1 N–H and O–H groups in total. The van der Waals surface area contributed by atoms with Crippen molar-refractivity contribution in [1.82, 2.24) is 10.2 Å². The number of rotatable bonds is 7. The Labute approximate surface area is 98.7 Å². The smallest absolute Gasteiger partial charge is 0.0574 e. The molecule has 1 aromatic carbocycles. The van der Waals surface area contributed by atoms with Crippen molar-refractivity contribution < 1.29 is 0 Å². The van der Waals surface area contributed by atoms with Gasteiger partial charge in [0, 0.05) is 19.6 Å². The Hall–Kier alpha value is -1.30. The van der Waals surface area contributed by atoms with Crippen molar-refractivity contribution in [2.75, 3.05) is 33.2 Å². The molecule has 2 heteroatoms. The molecule has 0 saturated carbocycles. The summed E-state index contributed by atoms with van der Waals surface area (Å²) in [5.41, 5.74) is 1.39. The lowest BCUT2D eigenvalue weighted by atomic mass is 10.1. The highest BCUT2D eigenvalue weighted by Gasteiger charge is 1.98. The lowest BCUT2D eigenvalue weighted by Gasteiger charge is -2.16. The zero-order valence-electron chi connectivity index (χ0n) is 9.95. The third-order valence-corrected chi connectivity index (χ3v) is 2.52. The second-order valence-electron chi connectivity index (χ2n) is 3.92. The molecular weight excluding hydrogens is 196 g/mol. The van der Waals surface area contributed by atoms with E-state index in [1.807, 2.05) is 0 Å². The van der Waals surface area contributed by atoms with Crippen molar-refractivity contribution in [2.45, 2.75) is 6.42 Å². The molecule has 0 heterocycles. The highest BCUT2D eigenvalue weighted by Crippen LogP contribution is 1.99. The number of hydrogen-bond donors (Lipinski definition) is 1. The maximum absolute atomic E-state index is 5.15. The minimum Gasteiger partial charge on any atom is -0.305 e. The van der Waals surface area contributed by atoms with Crippen LogP contribution >= 0.6 is 0 Å². The second-order valence-corrected chi connectivity index (χ2v) is 3.92. The van der Waals surface area contributed by atoms with E-state index in [9.17, 15) is 0 Å². The minimum absolute atomic E-state index is 0.659. The molecule has 1 aromatic rings. The molecular formula is C14H20N2. The van der Waals surface area contributed by atoms with Crippen molar-refractivity contribution in [2.24, 2.45) is 0 Å². The van der Waals surface area contributed by atoms with Crippen LogP contribution in [0.1, 0.15) is 5.56 Å². The van der Waals surface area contributed by atoms with Gasteiger partial charge >= 0.3 is 0 Å². The normalized spacial score (nSPS) is 10.3. The van der Waals surface area contributed by atoms with Crippen LogP contribution in [0.3, 0.4) is 0 Å². The Balaban J connectivity index is 2.11. The van der Waals surface area contributed by atoms with Gasteiger partial charge in [-0.15, -0.1) is 6.42 Å². The Kier molecular flexibility index (Phi) is 6.32. The molecule has 0 atom stereocenters. The maximum Gasteiger partial charge on any atom is 0.0574 e. The van der Waals surface area contributed by atoms with E-state index in [4.69, 9.17) is 6.42 Å². The molecule has 0 radical (unpaired) electrons. The third-order valence-electron chi connectivity index (χ3n) is 2.52. The average molecular weight is 216 g/mol. The number of nitrogens with one attached hydrogen (secondary N) is 1. The first-order valence-corrected chi connectivity index (χ1v) is 5.69. The summed E-state index contributed by atoms with van der Waals surface area (Å²) in [6, 6.07) is 10.6. The van der Waals surface area contributed by atoms with Crippen LogP contribution in [0, 0.1) is 12.3 Å². The number of likely N-dealkylation sites (N-methyl/N-ethyl adjacent to an activating group) is 1. The number of benzene rings is 1. The monoisotopic (exact) mass is 216 g/mol. The molecule has 0 spiro atoms. The van der Waals surface area contributed by atoms with Crippen LogP contribution in [0.5, 0.6) is 0 Å². The molecule has 0 unspecified atom stereocenters. The van der Waals surface area contributed by atoms with Gasteiger partial charge in [-0.25, -0.2) is 0 Å². The summed E-state index contributed by atoms with van der Waals surface area (Å²) in [5.74, 6) is 2.57. The predicted molar refractivity (Wildman–Crippen MR) is 69.3 cm³/mol. The Morgan fingerprint density at radius 3 is 2.69 bits per heavy atom. The van der Waals surface area contributed by atoms with Gasteiger partial charge in [0.15, 0.2) is 0 Å². The Morgan fingerprint density at radius 2 is 2.00 bits per heavy atom. The molecule has 2 nitrogen and oxygen atoms in total. The zero-order chi connectivity index (χ0) is 11.6. The van der Waals surface area contributed by atoms with E-state index in [1.54, 1.807) is 0 Å². The van der Waals surface area contributed by atoms with Gasteiger partial charge in [-0.05, 0) is 19.0 Å². The maximum atomic E-state index is 5.15. The predicted octanol–water partition coefficient (Wildman–Crippen LogP) is 1.38. The van der Waals surface area contributed by atoms with Crippen LogP contribution in [-0.4, -0.2) is 38.1 Å². The van der Waals surface area contributed by atoms with Gasteiger partial charge in [0.05, 0.1) is 6.54 Å². The fourth-order valence-corrected chi connectivity index (χ4v) is 1.51. The van der Waals surface area contributed by atoms with Crippen LogP contribution in [0.2, 0.25) is 0 Å². The average Bonchev–Trinajstić information content (AvgIpc) is 2.33. The summed E-state index contributed by atoms with van der Waals surface area (Å²) < 4.78 is 0. The third kappa shape index (κ3) is 5.55. The summed E-state index contributed by atoms with van der Waals surface area (Å²) in [7, 11) is 2.14. The first-order chi connectivity index (χ1) is 7.83. The van der Waals surface area contributed by atoms with Crippen molar-refractivity contribution in [3.8, 4) is 12.3 Å². The summed E-state index contributed by atoms with van der Waals surface area (Å²) in [4.78, 5) is 2.32. The molecule has 0 aliphatic heterocycles. The van der Waals surface area contributed by atoms with Crippen LogP contribution < -0.4 is 5.32 Å². The SMILES string of the molecule is C#CCNCCN(C)CCc1ccccc1. The zero-order valence-corrected chi connectivity index (χ0v) is 9.95. The van der Waals surface area contributed by atoms with Gasteiger partial charge in [0.1, 0.15) is 0 Å². The van der Waals surface area contributed by atoms with Gasteiger partial charge in [-0.1, -0.05) is 36.3 Å².